The predicted molar refractivity (Wildman–Crippen MR) is 157 cm³/mol. The maximum absolute atomic E-state index is 12.2. The highest BCUT2D eigenvalue weighted by atomic mass is 32.2. The van der Waals surface area contributed by atoms with Crippen molar-refractivity contribution in [2.45, 2.75) is 55.9 Å². The minimum Gasteiger partial charge on any atom is -0.508 e. The van der Waals surface area contributed by atoms with Crippen LogP contribution < -0.4 is 5.32 Å². The minimum atomic E-state index is -0.931. The van der Waals surface area contributed by atoms with E-state index in [1.807, 2.05) is 36.4 Å². The summed E-state index contributed by atoms with van der Waals surface area (Å²) >= 11 is 1.44. The number of aliphatic carboxylic acids is 1. The number of ether oxygens (including phenoxy) is 2. The standard InChI is InChI=1S/C30H31N5O7S/c36-17-19-4-6-20(7-5-19)26-16-25(18-43-30-32-33-34-35(30)23-12-14-24(37)15-13-23)41-29(42-26)21-8-10-22(11-9-21)31-27(38)2-1-3-28(39)40/h4-15,25-26,29,36-37H,1-3,16-18H2,(H,31,38)(H,39,40). The summed E-state index contributed by atoms with van der Waals surface area (Å²) in [5.41, 5.74) is 3.83. The number of carbonyl (C=O) groups is 2. The van der Waals surface area contributed by atoms with E-state index in [2.05, 4.69) is 20.8 Å². The molecule has 0 radical (unpaired) electrons. The number of aliphatic hydroxyl groups excluding tert-OH is 1. The number of nitrogens with zero attached hydrogens (tertiary/aromatic N) is 4. The number of amides is 1. The molecule has 1 amide bonds. The zero-order valence-corrected chi connectivity index (χ0v) is 23.9. The van der Waals surface area contributed by atoms with Gasteiger partial charge in [0.25, 0.3) is 0 Å². The van der Waals surface area contributed by atoms with Gasteiger partial charge in [-0.1, -0.05) is 48.2 Å². The number of nitrogens with one attached hydrogen (secondary N) is 1. The number of aliphatic hydroxyl groups is 1. The molecule has 0 bridgehead atoms. The van der Waals surface area contributed by atoms with Gasteiger partial charge < -0.3 is 30.1 Å². The fraction of sp³-hybridized carbons (Fsp3) is 0.300. The van der Waals surface area contributed by atoms with Gasteiger partial charge in [-0.3, -0.25) is 9.59 Å². The van der Waals surface area contributed by atoms with Gasteiger partial charge >= 0.3 is 5.97 Å². The summed E-state index contributed by atoms with van der Waals surface area (Å²) in [6, 6.07) is 21.4. The van der Waals surface area contributed by atoms with Gasteiger partial charge in [-0.15, -0.1) is 5.10 Å². The lowest BCUT2D eigenvalue weighted by Crippen LogP contribution is -2.31. The fourth-order valence-electron chi connectivity index (χ4n) is 4.56. The summed E-state index contributed by atoms with van der Waals surface area (Å²) in [6.07, 6.45) is -0.288. The van der Waals surface area contributed by atoms with Crippen LogP contribution in [0.25, 0.3) is 5.69 Å². The molecular formula is C30H31N5O7S. The van der Waals surface area contributed by atoms with E-state index in [-0.39, 0.29) is 49.7 Å². The van der Waals surface area contributed by atoms with E-state index in [9.17, 15) is 19.8 Å². The second-order valence-corrected chi connectivity index (χ2v) is 11.0. The van der Waals surface area contributed by atoms with E-state index in [0.717, 1.165) is 16.7 Å². The predicted octanol–water partition coefficient (Wildman–Crippen LogP) is 4.39. The molecule has 5 rings (SSSR count). The number of aromatic nitrogens is 4. The molecule has 0 spiro atoms. The van der Waals surface area contributed by atoms with Gasteiger partial charge in [-0.05, 0) is 64.4 Å². The van der Waals surface area contributed by atoms with Gasteiger partial charge in [0, 0.05) is 36.3 Å². The SMILES string of the molecule is O=C(O)CCCC(=O)Nc1ccc(C2OC(CSc3nnnn3-c3ccc(O)cc3)CC(c3ccc(CO)cc3)O2)cc1. The lowest BCUT2D eigenvalue weighted by molar-refractivity contribution is -0.245. The fourth-order valence-corrected chi connectivity index (χ4v) is 5.47. The Hall–Kier alpha value is -4.30. The van der Waals surface area contributed by atoms with E-state index >= 15 is 0 Å². The number of hydrogen-bond acceptors (Lipinski definition) is 10. The third-order valence-corrected chi connectivity index (χ3v) is 7.86. The molecule has 1 aliphatic heterocycles. The zero-order valence-electron chi connectivity index (χ0n) is 23.1. The highest BCUT2D eigenvalue weighted by Crippen LogP contribution is 2.39. The number of carboxylic acid groups (broad SMARTS) is 1. The Labute approximate surface area is 251 Å². The van der Waals surface area contributed by atoms with Crippen LogP contribution in [0.2, 0.25) is 0 Å². The molecule has 1 saturated heterocycles. The second kappa shape index (κ2) is 14.2. The first-order chi connectivity index (χ1) is 20.9. The van der Waals surface area contributed by atoms with Crippen LogP contribution in [0.15, 0.2) is 78.0 Å². The Bertz CT molecular complexity index is 1510. The molecule has 2 heterocycles. The van der Waals surface area contributed by atoms with Gasteiger partial charge in [0.2, 0.25) is 11.1 Å². The average Bonchev–Trinajstić information content (AvgIpc) is 3.49. The number of phenolic OH excluding ortho intramolecular Hbond substituents is 1. The largest absolute Gasteiger partial charge is 0.508 e. The number of tetrazole rings is 1. The Morgan fingerprint density at radius 3 is 2.37 bits per heavy atom. The Morgan fingerprint density at radius 1 is 0.953 bits per heavy atom. The van der Waals surface area contributed by atoms with Crippen LogP contribution in [0.5, 0.6) is 5.75 Å². The minimum absolute atomic E-state index is 0.0466. The molecule has 3 aromatic carbocycles. The molecule has 1 fully saturated rings. The van der Waals surface area contributed by atoms with Crippen LogP contribution in [0, 0.1) is 0 Å². The van der Waals surface area contributed by atoms with Crippen molar-refractivity contribution < 1.29 is 34.4 Å². The Balaban J connectivity index is 1.29. The van der Waals surface area contributed by atoms with Gasteiger partial charge in [0.1, 0.15) is 5.75 Å². The van der Waals surface area contributed by atoms with Crippen LogP contribution >= 0.6 is 11.8 Å². The highest BCUT2D eigenvalue weighted by Gasteiger charge is 2.32. The lowest BCUT2D eigenvalue weighted by Gasteiger charge is -2.36. The summed E-state index contributed by atoms with van der Waals surface area (Å²) < 4.78 is 14.4. The van der Waals surface area contributed by atoms with Crippen LogP contribution in [-0.2, 0) is 25.7 Å². The van der Waals surface area contributed by atoms with Crippen molar-refractivity contribution in [3.8, 4) is 11.4 Å². The van der Waals surface area contributed by atoms with E-state index in [0.29, 0.717) is 28.7 Å². The molecule has 13 heteroatoms. The van der Waals surface area contributed by atoms with E-state index in [4.69, 9.17) is 14.6 Å². The molecule has 43 heavy (non-hydrogen) atoms. The number of carbonyl (C=O) groups excluding carboxylic acids is 1. The molecule has 12 nitrogen and oxygen atoms in total. The molecule has 1 aromatic heterocycles. The monoisotopic (exact) mass is 605 g/mol. The summed E-state index contributed by atoms with van der Waals surface area (Å²) in [6.45, 7) is -0.0466. The first-order valence-electron chi connectivity index (χ1n) is 13.7. The number of rotatable bonds is 12. The Kier molecular flexibility index (Phi) is 10.00. The first-order valence-corrected chi connectivity index (χ1v) is 14.7. The van der Waals surface area contributed by atoms with Crippen molar-refractivity contribution in [3.05, 3.63) is 89.5 Å². The Morgan fingerprint density at radius 2 is 1.67 bits per heavy atom. The normalized spacial score (nSPS) is 18.3. The molecule has 3 atom stereocenters. The number of hydrogen-bond donors (Lipinski definition) is 4. The number of carboxylic acids is 1. The van der Waals surface area contributed by atoms with Crippen molar-refractivity contribution in [1.82, 2.24) is 20.2 Å². The van der Waals surface area contributed by atoms with Crippen LogP contribution in [-0.4, -0.2) is 59.3 Å². The van der Waals surface area contributed by atoms with Gasteiger partial charge in [0.15, 0.2) is 6.29 Å². The van der Waals surface area contributed by atoms with Gasteiger partial charge in [-0.2, -0.15) is 4.68 Å². The molecule has 4 aromatic rings. The molecule has 0 aliphatic carbocycles. The number of phenols is 1. The molecule has 224 valence electrons. The van der Waals surface area contributed by atoms with Crippen molar-refractivity contribution in [2.24, 2.45) is 0 Å². The lowest BCUT2D eigenvalue weighted by atomic mass is 10.0. The molecule has 1 aliphatic rings. The summed E-state index contributed by atoms with van der Waals surface area (Å²) in [5, 5.41) is 43.3. The maximum Gasteiger partial charge on any atom is 0.303 e. The van der Waals surface area contributed by atoms with E-state index in [1.54, 1.807) is 41.1 Å². The number of aromatic hydroxyl groups is 1. The third-order valence-electron chi connectivity index (χ3n) is 6.81. The second-order valence-electron chi connectivity index (χ2n) is 9.97. The van der Waals surface area contributed by atoms with Crippen molar-refractivity contribution >= 4 is 29.3 Å². The number of anilines is 1. The average molecular weight is 606 g/mol. The number of benzene rings is 3. The maximum atomic E-state index is 12.2. The zero-order chi connectivity index (χ0) is 30.2. The van der Waals surface area contributed by atoms with Crippen LogP contribution in [0.3, 0.4) is 0 Å². The first kappa shape index (κ1) is 30.2. The topological polar surface area (TPSA) is 169 Å². The van der Waals surface area contributed by atoms with Crippen molar-refractivity contribution in [3.63, 3.8) is 0 Å². The molecular weight excluding hydrogens is 574 g/mol. The van der Waals surface area contributed by atoms with E-state index < -0.39 is 12.3 Å². The molecule has 0 saturated carbocycles. The van der Waals surface area contributed by atoms with Crippen molar-refractivity contribution in [2.75, 3.05) is 11.1 Å². The third kappa shape index (κ3) is 8.17. The summed E-state index contributed by atoms with van der Waals surface area (Å²) in [7, 11) is 0. The number of thioether (sulfide) groups is 1. The van der Waals surface area contributed by atoms with Crippen LogP contribution in [0.4, 0.5) is 5.69 Å². The van der Waals surface area contributed by atoms with Gasteiger partial charge in [-0.25, -0.2) is 0 Å². The summed E-state index contributed by atoms with van der Waals surface area (Å²) in [5.74, 6) is -0.498. The molecule has 3 unspecified atom stereocenters. The smallest absolute Gasteiger partial charge is 0.303 e. The summed E-state index contributed by atoms with van der Waals surface area (Å²) in [4.78, 5) is 22.9. The van der Waals surface area contributed by atoms with Crippen molar-refractivity contribution in [1.29, 1.82) is 0 Å². The quantitative estimate of drug-likeness (QED) is 0.169. The van der Waals surface area contributed by atoms with Gasteiger partial charge in [0.05, 0.1) is 24.5 Å². The van der Waals surface area contributed by atoms with E-state index in [1.165, 1.54) is 11.8 Å². The molecule has 4 N–H and O–H groups in total. The van der Waals surface area contributed by atoms with Crippen LogP contribution in [0.1, 0.15) is 54.8 Å². The highest BCUT2D eigenvalue weighted by molar-refractivity contribution is 7.99.